The van der Waals surface area contributed by atoms with Gasteiger partial charge in [0.2, 0.25) is 17.8 Å². The van der Waals surface area contributed by atoms with Crippen molar-refractivity contribution < 1.29 is 19.4 Å². The van der Waals surface area contributed by atoms with Crippen LogP contribution in [-0.2, 0) is 14.3 Å². The van der Waals surface area contributed by atoms with E-state index in [0.717, 1.165) is 12.8 Å². The first-order chi connectivity index (χ1) is 17.0. The number of nitrogens with two attached hydrogens (primary N) is 3. The third kappa shape index (κ3) is 6.22. The number of nitrogens with zero attached hydrogens (tertiary/aromatic N) is 5. The lowest BCUT2D eigenvalue weighted by Crippen LogP contribution is -2.59. The van der Waals surface area contributed by atoms with Crippen molar-refractivity contribution in [3.05, 3.63) is 6.33 Å². The molecule has 0 radical (unpaired) electrons. The zero-order valence-electron chi connectivity index (χ0n) is 21.4. The normalized spacial score (nSPS) is 24.0. The summed E-state index contributed by atoms with van der Waals surface area (Å²) in [5, 5.41) is 14.2. The van der Waals surface area contributed by atoms with Gasteiger partial charge in [-0.05, 0) is 39.0 Å². The van der Waals surface area contributed by atoms with Gasteiger partial charge in [0, 0.05) is 33.0 Å². The Morgan fingerprint density at radius 1 is 1.27 bits per heavy atom. The average Bonchev–Trinajstić information content (AvgIpc) is 3.21. The summed E-state index contributed by atoms with van der Waals surface area (Å²) in [5.41, 5.74) is 17.1. The molecule has 14 heteroatoms. The van der Waals surface area contributed by atoms with E-state index in [4.69, 9.17) is 21.9 Å². The lowest BCUT2D eigenvalue weighted by molar-refractivity contribution is -0.197. The highest BCUT2D eigenvalue weighted by atomic mass is 35.5. The predicted octanol–water partition coefficient (Wildman–Crippen LogP) is 0.120. The smallest absolute Gasteiger partial charge is 0.239 e. The fourth-order valence-electron chi connectivity index (χ4n) is 5.39. The Labute approximate surface area is 221 Å². The predicted molar refractivity (Wildman–Crippen MR) is 141 cm³/mol. The largest absolute Gasteiger partial charge is 0.388 e. The first-order valence-corrected chi connectivity index (χ1v) is 12.4. The summed E-state index contributed by atoms with van der Waals surface area (Å²) < 4.78 is 8.12. The molecule has 4 heterocycles. The molecule has 13 nitrogen and oxygen atoms in total. The van der Waals surface area contributed by atoms with Crippen LogP contribution in [0.3, 0.4) is 0 Å². The molecule has 3 atom stereocenters. The van der Waals surface area contributed by atoms with Crippen LogP contribution < -0.4 is 22.5 Å². The van der Waals surface area contributed by atoms with Crippen molar-refractivity contribution in [3.63, 3.8) is 0 Å². The lowest BCUT2D eigenvalue weighted by atomic mass is 9.75. The number of aliphatic hydroxyl groups is 1. The van der Waals surface area contributed by atoms with Gasteiger partial charge >= 0.3 is 0 Å². The second-order valence-corrected chi connectivity index (χ2v) is 10.2. The second kappa shape index (κ2) is 11.3. The van der Waals surface area contributed by atoms with Crippen LogP contribution in [0.4, 0.5) is 11.8 Å². The van der Waals surface area contributed by atoms with E-state index < -0.39 is 23.3 Å². The topological polar surface area (TPSA) is 201 Å². The van der Waals surface area contributed by atoms with E-state index >= 15 is 0 Å². The zero-order valence-corrected chi connectivity index (χ0v) is 22.2. The van der Waals surface area contributed by atoms with Crippen LogP contribution in [0.1, 0.15) is 58.4 Å². The van der Waals surface area contributed by atoms with E-state index in [1.54, 1.807) is 22.7 Å². The molecular formula is C23H38ClN9O4. The van der Waals surface area contributed by atoms with E-state index in [1.165, 1.54) is 6.92 Å². The molecule has 0 unspecified atom stereocenters. The molecule has 2 amide bonds. The van der Waals surface area contributed by atoms with Crippen LogP contribution in [0.5, 0.6) is 0 Å². The highest BCUT2D eigenvalue weighted by Crippen LogP contribution is 2.44. The molecule has 2 aromatic rings. The molecule has 4 rings (SSSR count). The number of nitrogens with one attached hydrogen (secondary N) is 1. The number of anilines is 2. The maximum absolute atomic E-state index is 12.9. The van der Waals surface area contributed by atoms with Crippen LogP contribution in [0.25, 0.3) is 11.2 Å². The van der Waals surface area contributed by atoms with Crippen molar-refractivity contribution in [2.24, 2.45) is 5.73 Å². The molecule has 2 aromatic heterocycles. The number of amides is 2. The number of piperidine rings is 1. The van der Waals surface area contributed by atoms with Gasteiger partial charge in [0.1, 0.15) is 5.52 Å². The standard InChI is InChI=1S/C23H37N9O4.ClH/c1-14(33)27-8-4-3-5-15(24)20(34)31-9-6-23(7-10-31)12-22(2,35)16(11-36-23)32-13-28-17-18(25)29-21(26)30-19(17)32;/h13,15-16,35H,3-12,24H2,1-2H3,(H,27,33)(H4,25,26,29,30);1H/t15-,16+,22+;/m0./s1. The molecule has 0 bridgehead atoms. The number of rotatable bonds is 7. The molecule has 2 aliphatic rings. The Bertz CT molecular complexity index is 1120. The summed E-state index contributed by atoms with van der Waals surface area (Å²) in [6.45, 7) is 5.15. The van der Waals surface area contributed by atoms with E-state index in [2.05, 4.69) is 20.3 Å². The van der Waals surface area contributed by atoms with Crippen molar-refractivity contribution in [2.75, 3.05) is 37.7 Å². The van der Waals surface area contributed by atoms with Gasteiger partial charge in [-0.1, -0.05) is 0 Å². The van der Waals surface area contributed by atoms with Gasteiger partial charge < -0.3 is 41.8 Å². The van der Waals surface area contributed by atoms with Crippen LogP contribution in [0, 0.1) is 0 Å². The summed E-state index contributed by atoms with van der Waals surface area (Å²) >= 11 is 0. The Kier molecular flexibility index (Phi) is 8.83. The van der Waals surface area contributed by atoms with E-state index in [-0.39, 0.29) is 42.6 Å². The minimum absolute atomic E-state index is 0. The first-order valence-electron chi connectivity index (χ1n) is 12.4. The summed E-state index contributed by atoms with van der Waals surface area (Å²) in [5.74, 6) is 0.101. The Morgan fingerprint density at radius 3 is 2.62 bits per heavy atom. The van der Waals surface area contributed by atoms with Crippen LogP contribution >= 0.6 is 12.4 Å². The molecule has 206 valence electrons. The van der Waals surface area contributed by atoms with Crippen LogP contribution in [-0.4, -0.2) is 84.8 Å². The van der Waals surface area contributed by atoms with E-state index in [9.17, 15) is 14.7 Å². The molecule has 2 aliphatic heterocycles. The average molecular weight is 540 g/mol. The Morgan fingerprint density at radius 2 is 1.97 bits per heavy atom. The minimum Gasteiger partial charge on any atom is -0.388 e. The first kappa shape index (κ1) is 28.8. The lowest BCUT2D eigenvalue weighted by Gasteiger charge is -2.51. The Balaban J connectivity index is 0.00000380. The summed E-state index contributed by atoms with van der Waals surface area (Å²) in [4.78, 5) is 38.1. The number of fused-ring (bicyclic) bond motifs is 1. The number of halogens is 1. The van der Waals surface area contributed by atoms with Crippen molar-refractivity contribution >= 4 is 47.2 Å². The third-order valence-electron chi connectivity index (χ3n) is 7.37. The van der Waals surface area contributed by atoms with Crippen molar-refractivity contribution in [3.8, 4) is 0 Å². The molecule has 2 fully saturated rings. The third-order valence-corrected chi connectivity index (χ3v) is 7.37. The van der Waals surface area contributed by atoms with Gasteiger partial charge in [-0.3, -0.25) is 9.59 Å². The van der Waals surface area contributed by atoms with E-state index in [0.29, 0.717) is 56.5 Å². The molecule has 1 spiro atoms. The number of aromatic nitrogens is 4. The van der Waals surface area contributed by atoms with Crippen molar-refractivity contribution in [2.45, 2.75) is 75.7 Å². The number of ether oxygens (including phenoxy) is 1. The molecule has 0 aromatic carbocycles. The van der Waals surface area contributed by atoms with Crippen molar-refractivity contribution in [1.29, 1.82) is 0 Å². The van der Waals surface area contributed by atoms with Gasteiger partial charge in [0.15, 0.2) is 11.5 Å². The Hall–Kier alpha value is -2.74. The number of carbonyl (C=O) groups is 2. The SMILES string of the molecule is CC(=O)NCCCC[C@H](N)C(=O)N1CCC2(CC1)C[C@@](C)(O)[C@H](n1cnc3c(N)nc(N)nc31)CO2.Cl. The molecule has 2 saturated heterocycles. The van der Waals surface area contributed by atoms with Gasteiger partial charge in [-0.25, -0.2) is 4.98 Å². The maximum atomic E-state index is 12.9. The van der Waals surface area contributed by atoms with Crippen LogP contribution in [0.2, 0.25) is 0 Å². The summed E-state index contributed by atoms with van der Waals surface area (Å²) in [6, 6.07) is -1.00. The number of likely N-dealkylation sites (tertiary alicyclic amines) is 1. The fraction of sp³-hybridized carbons (Fsp3) is 0.696. The zero-order chi connectivity index (χ0) is 26.1. The van der Waals surface area contributed by atoms with E-state index in [1.807, 2.05) is 0 Å². The minimum atomic E-state index is -1.11. The van der Waals surface area contributed by atoms with Crippen LogP contribution in [0.15, 0.2) is 6.33 Å². The highest BCUT2D eigenvalue weighted by Gasteiger charge is 2.50. The number of hydrogen-bond donors (Lipinski definition) is 5. The maximum Gasteiger partial charge on any atom is 0.239 e. The molecule has 0 saturated carbocycles. The number of hydrogen-bond acceptors (Lipinski definition) is 10. The van der Waals surface area contributed by atoms with Gasteiger partial charge in [-0.2, -0.15) is 9.97 Å². The monoisotopic (exact) mass is 539 g/mol. The number of carbonyl (C=O) groups excluding carboxylic acids is 2. The highest BCUT2D eigenvalue weighted by molar-refractivity contribution is 5.85. The van der Waals surface area contributed by atoms with Gasteiger partial charge in [0.05, 0.1) is 36.2 Å². The fourth-order valence-corrected chi connectivity index (χ4v) is 5.39. The second-order valence-electron chi connectivity index (χ2n) is 10.2. The number of unbranched alkanes of at least 4 members (excludes halogenated alkanes) is 1. The summed E-state index contributed by atoms with van der Waals surface area (Å²) in [7, 11) is 0. The number of imidazole rings is 1. The molecule has 0 aliphatic carbocycles. The molecular weight excluding hydrogens is 502 g/mol. The number of nitrogen functional groups attached to an aromatic ring is 2. The quantitative estimate of drug-likeness (QED) is 0.301. The molecule has 8 N–H and O–H groups in total. The van der Waals surface area contributed by atoms with Gasteiger partial charge in [0.25, 0.3) is 0 Å². The van der Waals surface area contributed by atoms with Gasteiger partial charge in [-0.15, -0.1) is 12.4 Å². The van der Waals surface area contributed by atoms with Crippen molar-refractivity contribution in [1.82, 2.24) is 29.7 Å². The molecule has 37 heavy (non-hydrogen) atoms. The summed E-state index contributed by atoms with van der Waals surface area (Å²) in [6.07, 6.45) is 5.33.